The van der Waals surface area contributed by atoms with E-state index < -0.39 is 0 Å². The van der Waals surface area contributed by atoms with Gasteiger partial charge in [-0.25, -0.2) is 0 Å². The van der Waals surface area contributed by atoms with Crippen LogP contribution in [0.5, 0.6) is 0 Å². The Kier molecular flexibility index (Phi) is 3.87. The zero-order chi connectivity index (χ0) is 14.0. The molecule has 19 heavy (non-hydrogen) atoms. The molecule has 2 N–H and O–H groups in total. The van der Waals surface area contributed by atoms with Gasteiger partial charge in [0.15, 0.2) is 0 Å². The third kappa shape index (κ3) is 3.30. The second kappa shape index (κ2) is 5.27. The number of carbonyl (C=O) groups is 1. The van der Waals surface area contributed by atoms with Crippen LogP contribution in [0.1, 0.15) is 29.8 Å². The van der Waals surface area contributed by atoms with Crippen molar-refractivity contribution in [1.82, 2.24) is 9.88 Å². The smallest absolute Gasteiger partial charge is 0.255 e. The molecule has 2 heterocycles. The summed E-state index contributed by atoms with van der Waals surface area (Å²) in [5, 5.41) is 0. The van der Waals surface area contributed by atoms with E-state index in [2.05, 4.69) is 4.98 Å². The third-order valence-electron chi connectivity index (χ3n) is 3.15. The molecule has 0 bridgehead atoms. The maximum absolute atomic E-state index is 12.5. The van der Waals surface area contributed by atoms with E-state index in [1.165, 1.54) is 0 Å². The Balaban J connectivity index is 2.18. The lowest BCUT2D eigenvalue weighted by Crippen LogP contribution is -2.56. The Morgan fingerprint density at radius 1 is 1.58 bits per heavy atom. The highest BCUT2D eigenvalue weighted by Crippen LogP contribution is 2.22. The molecular formula is C14H21N3O2. The molecule has 0 aromatic carbocycles. The van der Waals surface area contributed by atoms with E-state index >= 15 is 0 Å². The van der Waals surface area contributed by atoms with Crippen LogP contribution in [0.25, 0.3) is 0 Å². The Hall–Kier alpha value is -1.46. The molecule has 0 aliphatic carbocycles. The lowest BCUT2D eigenvalue weighted by atomic mass is 10.0. The first-order chi connectivity index (χ1) is 8.91. The summed E-state index contributed by atoms with van der Waals surface area (Å²) >= 11 is 0. The van der Waals surface area contributed by atoms with Crippen molar-refractivity contribution in [2.24, 2.45) is 5.73 Å². The van der Waals surface area contributed by atoms with Crippen LogP contribution in [-0.4, -0.2) is 47.1 Å². The predicted molar refractivity (Wildman–Crippen MR) is 72.9 cm³/mol. The minimum Gasteiger partial charge on any atom is -0.367 e. The number of carbonyl (C=O) groups excluding carboxylic acids is 1. The maximum Gasteiger partial charge on any atom is 0.255 e. The Labute approximate surface area is 113 Å². The summed E-state index contributed by atoms with van der Waals surface area (Å²) in [6.07, 6.45) is 3.24. The number of pyridine rings is 1. The highest BCUT2D eigenvalue weighted by Gasteiger charge is 2.35. The Morgan fingerprint density at radius 3 is 2.95 bits per heavy atom. The average Bonchev–Trinajstić information content (AvgIpc) is 2.36. The van der Waals surface area contributed by atoms with E-state index in [-0.39, 0.29) is 17.6 Å². The molecule has 1 saturated heterocycles. The van der Waals surface area contributed by atoms with Gasteiger partial charge in [-0.1, -0.05) is 0 Å². The summed E-state index contributed by atoms with van der Waals surface area (Å²) in [5.41, 5.74) is 6.91. The van der Waals surface area contributed by atoms with Crippen LogP contribution < -0.4 is 5.73 Å². The van der Waals surface area contributed by atoms with Crippen LogP contribution in [-0.2, 0) is 4.74 Å². The van der Waals surface area contributed by atoms with E-state index in [9.17, 15) is 4.79 Å². The zero-order valence-electron chi connectivity index (χ0n) is 11.7. The van der Waals surface area contributed by atoms with Gasteiger partial charge in [0.05, 0.1) is 17.3 Å². The number of nitrogens with zero attached hydrogens (tertiary/aromatic N) is 2. The van der Waals surface area contributed by atoms with Gasteiger partial charge in [-0.2, -0.15) is 0 Å². The van der Waals surface area contributed by atoms with Gasteiger partial charge >= 0.3 is 0 Å². The number of morpholine rings is 1. The molecule has 1 fully saturated rings. The first-order valence-electron chi connectivity index (χ1n) is 6.50. The molecule has 0 radical (unpaired) electrons. The monoisotopic (exact) mass is 263 g/mol. The van der Waals surface area contributed by atoms with Gasteiger partial charge in [0, 0.05) is 32.0 Å². The lowest BCUT2D eigenvalue weighted by molar-refractivity contribution is -0.122. The quantitative estimate of drug-likeness (QED) is 0.863. The van der Waals surface area contributed by atoms with E-state index in [4.69, 9.17) is 10.5 Å². The molecule has 1 amide bonds. The second-order valence-electron chi connectivity index (χ2n) is 5.67. The van der Waals surface area contributed by atoms with Crippen molar-refractivity contribution in [2.45, 2.75) is 32.5 Å². The largest absolute Gasteiger partial charge is 0.367 e. The number of rotatable bonds is 2. The Bertz CT molecular complexity index is 474. The number of amides is 1. The molecule has 1 aliphatic rings. The first kappa shape index (κ1) is 14.0. The van der Waals surface area contributed by atoms with Crippen molar-refractivity contribution in [2.75, 3.05) is 19.6 Å². The highest BCUT2D eigenvalue weighted by molar-refractivity contribution is 5.94. The van der Waals surface area contributed by atoms with Gasteiger partial charge in [-0.05, 0) is 32.4 Å². The van der Waals surface area contributed by atoms with Crippen LogP contribution in [0.15, 0.2) is 18.5 Å². The minimum atomic E-state index is -0.366. The van der Waals surface area contributed by atoms with Crippen LogP contribution >= 0.6 is 0 Å². The van der Waals surface area contributed by atoms with Crippen molar-refractivity contribution in [1.29, 1.82) is 0 Å². The van der Waals surface area contributed by atoms with Crippen molar-refractivity contribution in [3.8, 4) is 0 Å². The maximum atomic E-state index is 12.5. The van der Waals surface area contributed by atoms with Crippen LogP contribution in [0.2, 0.25) is 0 Å². The van der Waals surface area contributed by atoms with E-state index in [0.717, 1.165) is 5.56 Å². The van der Waals surface area contributed by atoms with Crippen LogP contribution in [0.3, 0.4) is 0 Å². The third-order valence-corrected chi connectivity index (χ3v) is 3.15. The summed E-state index contributed by atoms with van der Waals surface area (Å²) in [4.78, 5) is 18.4. The van der Waals surface area contributed by atoms with E-state index in [1.54, 1.807) is 17.3 Å². The normalized spacial score (nSPS) is 22.3. The van der Waals surface area contributed by atoms with Gasteiger partial charge < -0.3 is 15.4 Å². The highest BCUT2D eigenvalue weighted by atomic mass is 16.5. The SMILES string of the molecule is Cc1cncc(C(=O)N2CC(CN)OC(C)(C)C2)c1. The number of nitrogens with two attached hydrogens (primary N) is 1. The molecule has 0 spiro atoms. The summed E-state index contributed by atoms with van der Waals surface area (Å²) in [7, 11) is 0. The summed E-state index contributed by atoms with van der Waals surface area (Å²) < 4.78 is 5.83. The van der Waals surface area contributed by atoms with Crippen LogP contribution in [0, 0.1) is 6.92 Å². The van der Waals surface area contributed by atoms with Crippen molar-refractivity contribution in [3.05, 3.63) is 29.6 Å². The van der Waals surface area contributed by atoms with Gasteiger partial charge in [0.2, 0.25) is 0 Å². The lowest BCUT2D eigenvalue weighted by Gasteiger charge is -2.42. The summed E-state index contributed by atoms with van der Waals surface area (Å²) in [6.45, 7) is 7.39. The average molecular weight is 263 g/mol. The molecule has 104 valence electrons. The van der Waals surface area contributed by atoms with E-state index in [1.807, 2.05) is 26.8 Å². The van der Waals surface area contributed by atoms with Crippen LogP contribution in [0.4, 0.5) is 0 Å². The molecule has 1 aliphatic heterocycles. The van der Waals surface area contributed by atoms with E-state index in [0.29, 0.717) is 25.2 Å². The predicted octanol–water partition coefficient (Wildman–Crippen LogP) is 0.968. The second-order valence-corrected chi connectivity index (χ2v) is 5.67. The van der Waals surface area contributed by atoms with Gasteiger partial charge in [0.25, 0.3) is 5.91 Å². The fourth-order valence-electron chi connectivity index (χ4n) is 2.43. The summed E-state index contributed by atoms with van der Waals surface area (Å²) in [6, 6.07) is 1.86. The fourth-order valence-corrected chi connectivity index (χ4v) is 2.43. The molecular weight excluding hydrogens is 242 g/mol. The van der Waals surface area contributed by atoms with Gasteiger partial charge in [-0.15, -0.1) is 0 Å². The minimum absolute atomic E-state index is 0.00831. The number of hydrogen-bond acceptors (Lipinski definition) is 4. The standard InChI is InChI=1S/C14H21N3O2/c1-10-4-11(7-16-6-10)13(18)17-8-12(5-15)19-14(2,3)9-17/h4,6-7,12H,5,8-9,15H2,1-3H3. The fraction of sp³-hybridized carbons (Fsp3) is 0.571. The van der Waals surface area contributed by atoms with Crippen molar-refractivity contribution >= 4 is 5.91 Å². The zero-order valence-corrected chi connectivity index (χ0v) is 11.7. The number of ether oxygens (including phenoxy) is 1. The van der Waals surface area contributed by atoms with Gasteiger partial charge in [-0.3, -0.25) is 9.78 Å². The topological polar surface area (TPSA) is 68.5 Å². The molecule has 1 aromatic rings. The molecule has 5 nitrogen and oxygen atoms in total. The Morgan fingerprint density at radius 2 is 2.32 bits per heavy atom. The summed E-state index contributed by atoms with van der Waals surface area (Å²) in [5.74, 6) is -0.00831. The molecule has 1 unspecified atom stereocenters. The number of hydrogen-bond donors (Lipinski definition) is 1. The number of aryl methyl sites for hydroxylation is 1. The molecule has 0 saturated carbocycles. The number of aromatic nitrogens is 1. The molecule has 5 heteroatoms. The van der Waals surface area contributed by atoms with Crippen molar-refractivity contribution < 1.29 is 9.53 Å². The van der Waals surface area contributed by atoms with Crippen molar-refractivity contribution in [3.63, 3.8) is 0 Å². The molecule has 1 atom stereocenters. The molecule has 2 rings (SSSR count). The first-order valence-corrected chi connectivity index (χ1v) is 6.50. The molecule has 1 aromatic heterocycles. The van der Waals surface area contributed by atoms with Gasteiger partial charge in [0.1, 0.15) is 0 Å².